The van der Waals surface area contributed by atoms with Gasteiger partial charge in [-0.2, -0.15) is 4.98 Å². The van der Waals surface area contributed by atoms with E-state index in [0.29, 0.717) is 17.0 Å². The molecule has 0 bridgehead atoms. The summed E-state index contributed by atoms with van der Waals surface area (Å²) in [6, 6.07) is 20.9. The van der Waals surface area contributed by atoms with E-state index < -0.39 is 0 Å². The van der Waals surface area contributed by atoms with Gasteiger partial charge in [0.2, 0.25) is 4.73 Å². The fraction of sp³-hybridized carbons (Fsp3) is 0.0500. The summed E-state index contributed by atoms with van der Waals surface area (Å²) in [7, 11) is 0. The van der Waals surface area contributed by atoms with Gasteiger partial charge in [-0.05, 0) is 57.5 Å². The molecule has 8 heteroatoms. The number of carbonyl (C=O) groups excluding carboxylic acids is 1. The highest BCUT2D eigenvalue weighted by molar-refractivity contribution is 9.10. The second-order valence-electron chi connectivity index (χ2n) is 5.84. The molecule has 0 saturated heterocycles. The summed E-state index contributed by atoms with van der Waals surface area (Å²) in [4.78, 5) is 17.7. The van der Waals surface area contributed by atoms with E-state index in [1.165, 1.54) is 18.0 Å². The van der Waals surface area contributed by atoms with Gasteiger partial charge < -0.3 is 9.73 Å². The highest BCUT2D eigenvalue weighted by Gasteiger charge is 2.15. The van der Waals surface area contributed by atoms with E-state index in [1.54, 1.807) is 12.1 Å². The molecule has 1 N–H and O–H groups in total. The molecule has 0 unspecified atom stereocenters. The molecule has 0 atom stereocenters. The zero-order chi connectivity index (χ0) is 19.3. The van der Waals surface area contributed by atoms with Gasteiger partial charge in [0, 0.05) is 4.90 Å². The minimum atomic E-state index is -0.301. The van der Waals surface area contributed by atoms with Gasteiger partial charge in [0.15, 0.2) is 10.9 Å². The van der Waals surface area contributed by atoms with E-state index in [0.717, 1.165) is 15.6 Å². The molecule has 2 aromatic carbocycles. The van der Waals surface area contributed by atoms with Gasteiger partial charge in [0.25, 0.3) is 5.91 Å². The summed E-state index contributed by atoms with van der Waals surface area (Å²) < 4.78 is 7.51. The fourth-order valence-corrected chi connectivity index (χ4v) is 3.98. The topological polar surface area (TPSA) is 73.0 Å². The highest BCUT2D eigenvalue weighted by Crippen LogP contribution is 2.33. The molecular formula is C20H15BrN4O2S. The van der Waals surface area contributed by atoms with Gasteiger partial charge in [0.1, 0.15) is 0 Å². The standard InChI is InChI=1S/C20H15BrN4O2S/c21-19-23-20(25(24-19)13-14-7-2-1-3-8-14)28-17-11-5-4-9-15(17)22-18(26)16-10-6-12-27-16/h1-12H,13H2,(H,22,26). The number of hydrogen-bond donors (Lipinski definition) is 1. The van der Waals surface area contributed by atoms with Gasteiger partial charge in [-0.3, -0.25) is 4.79 Å². The van der Waals surface area contributed by atoms with Crippen molar-refractivity contribution < 1.29 is 9.21 Å². The lowest BCUT2D eigenvalue weighted by Crippen LogP contribution is -2.11. The summed E-state index contributed by atoms with van der Waals surface area (Å²) in [6.07, 6.45) is 1.47. The number of nitrogens with zero attached hydrogens (tertiary/aromatic N) is 3. The lowest BCUT2D eigenvalue weighted by atomic mass is 10.2. The maximum absolute atomic E-state index is 12.3. The van der Waals surface area contributed by atoms with Crippen LogP contribution in [0, 0.1) is 0 Å². The van der Waals surface area contributed by atoms with Crippen LogP contribution in [0.3, 0.4) is 0 Å². The molecular weight excluding hydrogens is 440 g/mol. The fourth-order valence-electron chi connectivity index (χ4n) is 2.59. The molecule has 2 heterocycles. The van der Waals surface area contributed by atoms with Crippen molar-refractivity contribution in [2.24, 2.45) is 0 Å². The minimum absolute atomic E-state index is 0.259. The Kier molecular flexibility index (Phi) is 5.59. The summed E-state index contributed by atoms with van der Waals surface area (Å²) in [5.41, 5.74) is 1.81. The number of anilines is 1. The molecule has 4 aromatic rings. The van der Waals surface area contributed by atoms with Crippen LogP contribution in [0.25, 0.3) is 0 Å². The molecule has 1 amide bonds. The van der Waals surface area contributed by atoms with E-state index in [-0.39, 0.29) is 11.7 Å². The number of carbonyl (C=O) groups is 1. The van der Waals surface area contributed by atoms with E-state index in [4.69, 9.17) is 4.42 Å². The number of nitrogens with one attached hydrogen (secondary N) is 1. The van der Waals surface area contributed by atoms with Crippen molar-refractivity contribution in [3.63, 3.8) is 0 Å². The Labute approximate surface area is 174 Å². The smallest absolute Gasteiger partial charge is 0.291 e. The normalized spacial score (nSPS) is 10.8. The molecule has 6 nitrogen and oxygen atoms in total. The van der Waals surface area contributed by atoms with E-state index >= 15 is 0 Å². The van der Waals surface area contributed by atoms with Crippen LogP contribution in [0.2, 0.25) is 0 Å². The zero-order valence-corrected chi connectivity index (χ0v) is 17.0. The SMILES string of the molecule is O=C(Nc1ccccc1Sc1nc(Br)nn1Cc1ccccc1)c1ccco1. The number of amides is 1. The van der Waals surface area contributed by atoms with Crippen molar-refractivity contribution in [1.29, 1.82) is 0 Å². The maximum atomic E-state index is 12.3. The number of hydrogen-bond acceptors (Lipinski definition) is 5. The van der Waals surface area contributed by atoms with Crippen LogP contribution in [-0.2, 0) is 6.54 Å². The summed E-state index contributed by atoms with van der Waals surface area (Å²) in [6.45, 7) is 0.600. The van der Waals surface area contributed by atoms with Gasteiger partial charge in [0.05, 0.1) is 18.5 Å². The molecule has 0 saturated carbocycles. The van der Waals surface area contributed by atoms with Gasteiger partial charge >= 0.3 is 0 Å². The summed E-state index contributed by atoms with van der Waals surface area (Å²) in [5.74, 6) is -0.0419. The van der Waals surface area contributed by atoms with Crippen molar-refractivity contribution in [3.05, 3.63) is 89.1 Å². The van der Waals surface area contributed by atoms with Crippen molar-refractivity contribution in [3.8, 4) is 0 Å². The first kappa shape index (κ1) is 18.5. The monoisotopic (exact) mass is 454 g/mol. The van der Waals surface area contributed by atoms with Crippen LogP contribution in [0.1, 0.15) is 16.1 Å². The minimum Gasteiger partial charge on any atom is -0.459 e. The quantitative estimate of drug-likeness (QED) is 0.439. The average molecular weight is 455 g/mol. The molecule has 0 aliphatic carbocycles. The van der Waals surface area contributed by atoms with Crippen molar-refractivity contribution in [1.82, 2.24) is 14.8 Å². The molecule has 28 heavy (non-hydrogen) atoms. The average Bonchev–Trinajstić information content (AvgIpc) is 3.35. The molecule has 0 aliphatic rings. The van der Waals surface area contributed by atoms with Crippen molar-refractivity contribution >= 4 is 39.3 Å². The van der Waals surface area contributed by atoms with Gasteiger partial charge in [-0.1, -0.05) is 42.5 Å². The second-order valence-corrected chi connectivity index (χ2v) is 7.55. The number of halogens is 1. The Morgan fingerprint density at radius 1 is 1.07 bits per heavy atom. The summed E-state index contributed by atoms with van der Waals surface area (Å²) in [5, 5.41) is 8.04. The predicted molar refractivity (Wildman–Crippen MR) is 110 cm³/mol. The number of furan rings is 1. The number of aromatic nitrogens is 3. The third-order valence-electron chi connectivity index (χ3n) is 3.87. The van der Waals surface area contributed by atoms with E-state index in [1.807, 2.05) is 59.3 Å². The number of rotatable bonds is 6. The zero-order valence-electron chi connectivity index (χ0n) is 14.6. The van der Waals surface area contributed by atoms with Crippen LogP contribution in [0.15, 0.2) is 92.2 Å². The Balaban J connectivity index is 1.57. The van der Waals surface area contributed by atoms with Crippen LogP contribution < -0.4 is 5.32 Å². The van der Waals surface area contributed by atoms with Crippen LogP contribution in [-0.4, -0.2) is 20.7 Å². The summed E-state index contributed by atoms with van der Waals surface area (Å²) >= 11 is 4.79. The first-order chi connectivity index (χ1) is 13.7. The molecule has 2 aromatic heterocycles. The molecule has 0 fully saturated rings. The Bertz CT molecular complexity index is 1080. The Hall–Kier alpha value is -2.84. The van der Waals surface area contributed by atoms with Crippen LogP contribution in [0.4, 0.5) is 5.69 Å². The third-order valence-corrected chi connectivity index (χ3v) is 5.27. The number of benzene rings is 2. The van der Waals surface area contributed by atoms with Crippen LogP contribution in [0.5, 0.6) is 0 Å². The maximum Gasteiger partial charge on any atom is 0.291 e. The first-order valence-electron chi connectivity index (χ1n) is 8.45. The molecule has 0 radical (unpaired) electrons. The lowest BCUT2D eigenvalue weighted by molar-refractivity contribution is 0.0996. The predicted octanol–water partition coefficient (Wildman–Crippen LogP) is 5.09. The lowest BCUT2D eigenvalue weighted by Gasteiger charge is -2.10. The molecule has 0 aliphatic heterocycles. The van der Waals surface area contributed by atoms with Crippen molar-refractivity contribution in [2.75, 3.05) is 5.32 Å². The largest absolute Gasteiger partial charge is 0.459 e. The number of para-hydroxylation sites is 1. The Morgan fingerprint density at radius 2 is 1.86 bits per heavy atom. The molecule has 4 rings (SSSR count). The first-order valence-corrected chi connectivity index (χ1v) is 10.1. The van der Waals surface area contributed by atoms with Gasteiger partial charge in [-0.25, -0.2) is 4.68 Å². The van der Waals surface area contributed by atoms with E-state index in [9.17, 15) is 4.79 Å². The third kappa shape index (κ3) is 4.35. The molecule has 140 valence electrons. The van der Waals surface area contributed by atoms with Gasteiger partial charge in [-0.15, -0.1) is 5.10 Å². The second kappa shape index (κ2) is 8.45. The Morgan fingerprint density at radius 3 is 2.64 bits per heavy atom. The van der Waals surface area contributed by atoms with E-state index in [2.05, 4.69) is 31.3 Å². The highest BCUT2D eigenvalue weighted by atomic mass is 79.9. The van der Waals surface area contributed by atoms with Crippen LogP contribution >= 0.6 is 27.7 Å². The van der Waals surface area contributed by atoms with Crippen molar-refractivity contribution in [2.45, 2.75) is 16.6 Å². The molecule has 0 spiro atoms.